The molecule has 0 bridgehead atoms. The second-order valence-electron chi connectivity index (χ2n) is 7.05. The summed E-state index contributed by atoms with van der Waals surface area (Å²) in [4.78, 5) is 27.9. The molecule has 1 saturated heterocycles. The fourth-order valence-electron chi connectivity index (χ4n) is 3.32. The molecule has 2 N–H and O–H groups in total. The van der Waals surface area contributed by atoms with E-state index in [2.05, 4.69) is 10.0 Å². The summed E-state index contributed by atoms with van der Waals surface area (Å²) in [5.74, 6) is -1.00. The molecule has 2 amide bonds. The molecule has 1 fully saturated rings. The third kappa shape index (κ3) is 5.26. The van der Waals surface area contributed by atoms with Gasteiger partial charge in [-0.3, -0.25) is 14.3 Å². The number of hydrogen-bond donors (Lipinski definition) is 2. The lowest BCUT2D eigenvalue weighted by atomic mass is 10.1. The Morgan fingerprint density at radius 2 is 1.70 bits per heavy atom. The summed E-state index contributed by atoms with van der Waals surface area (Å²) in [6, 6.07) is 10.9. The maximum absolute atomic E-state index is 14.0. The number of anilines is 3. The van der Waals surface area contributed by atoms with E-state index < -0.39 is 10.0 Å². The Balaban J connectivity index is 1.81. The summed E-state index contributed by atoms with van der Waals surface area (Å²) in [6.07, 6.45) is 0.996. The second kappa shape index (κ2) is 8.70. The van der Waals surface area contributed by atoms with E-state index in [0.717, 1.165) is 6.26 Å². The van der Waals surface area contributed by atoms with Gasteiger partial charge in [0.1, 0.15) is 5.82 Å². The van der Waals surface area contributed by atoms with E-state index >= 15 is 0 Å². The minimum Gasteiger partial charge on any atom is -0.366 e. The number of amides is 2. The SMILES string of the molecule is CC(=O)Nc1ccc(NS(C)(=O)=O)c(C(=O)N2CCN(c3ccccc3F)CC2)c1. The van der Waals surface area contributed by atoms with E-state index in [1.54, 1.807) is 23.1 Å². The number of hydrogen-bond acceptors (Lipinski definition) is 5. The Labute approximate surface area is 174 Å². The van der Waals surface area contributed by atoms with Crippen LogP contribution in [0.5, 0.6) is 0 Å². The molecule has 1 aliphatic heterocycles. The highest BCUT2D eigenvalue weighted by Crippen LogP contribution is 2.25. The fraction of sp³-hybridized carbons (Fsp3) is 0.300. The van der Waals surface area contributed by atoms with Gasteiger partial charge < -0.3 is 15.1 Å². The Bertz CT molecular complexity index is 1070. The predicted octanol–water partition coefficient (Wildman–Crippen LogP) is 2.12. The number of nitrogens with zero attached hydrogens (tertiary/aromatic N) is 2. The number of benzene rings is 2. The molecule has 2 aromatic rings. The number of carbonyl (C=O) groups is 2. The minimum absolute atomic E-state index is 0.131. The van der Waals surface area contributed by atoms with E-state index in [1.165, 1.54) is 31.2 Å². The lowest BCUT2D eigenvalue weighted by Gasteiger charge is -2.36. The van der Waals surface area contributed by atoms with Gasteiger partial charge in [-0.1, -0.05) is 12.1 Å². The molecule has 10 heteroatoms. The van der Waals surface area contributed by atoms with Crippen molar-refractivity contribution in [1.29, 1.82) is 0 Å². The molecule has 0 spiro atoms. The van der Waals surface area contributed by atoms with Gasteiger partial charge in [0, 0.05) is 38.8 Å². The minimum atomic E-state index is -3.61. The van der Waals surface area contributed by atoms with Gasteiger partial charge in [-0.2, -0.15) is 0 Å². The normalized spacial score (nSPS) is 14.4. The van der Waals surface area contributed by atoms with Crippen molar-refractivity contribution in [3.05, 3.63) is 53.8 Å². The molecule has 0 aliphatic carbocycles. The van der Waals surface area contributed by atoms with Gasteiger partial charge in [-0.25, -0.2) is 12.8 Å². The van der Waals surface area contributed by atoms with Crippen LogP contribution in [0, 0.1) is 5.82 Å². The van der Waals surface area contributed by atoms with Crippen molar-refractivity contribution in [3.8, 4) is 0 Å². The first kappa shape index (κ1) is 21.6. The molecule has 0 unspecified atom stereocenters. The Morgan fingerprint density at radius 1 is 1.03 bits per heavy atom. The number of para-hydroxylation sites is 1. The maximum Gasteiger partial charge on any atom is 0.256 e. The molecule has 1 aliphatic rings. The van der Waals surface area contributed by atoms with Gasteiger partial charge >= 0.3 is 0 Å². The summed E-state index contributed by atoms with van der Waals surface area (Å²) >= 11 is 0. The molecule has 30 heavy (non-hydrogen) atoms. The highest BCUT2D eigenvalue weighted by atomic mass is 32.2. The number of rotatable bonds is 5. The monoisotopic (exact) mass is 434 g/mol. The molecule has 3 rings (SSSR count). The molecule has 160 valence electrons. The van der Waals surface area contributed by atoms with Crippen LogP contribution < -0.4 is 14.9 Å². The first-order valence-electron chi connectivity index (χ1n) is 9.32. The Kier molecular flexibility index (Phi) is 6.25. The standard InChI is InChI=1S/C20H23FN4O4S/c1-14(26)22-15-7-8-18(23-30(2,28)29)16(13-15)20(27)25-11-9-24(10-12-25)19-6-4-3-5-17(19)21/h3-8,13,23H,9-12H2,1-2H3,(H,22,26). The van der Waals surface area contributed by atoms with Crippen LogP contribution in [0.2, 0.25) is 0 Å². The van der Waals surface area contributed by atoms with Crippen LogP contribution in [0.15, 0.2) is 42.5 Å². The number of piperazine rings is 1. The van der Waals surface area contributed by atoms with Gasteiger partial charge in [0.25, 0.3) is 5.91 Å². The fourth-order valence-corrected chi connectivity index (χ4v) is 3.90. The average molecular weight is 434 g/mol. The van der Waals surface area contributed by atoms with E-state index in [4.69, 9.17) is 0 Å². The zero-order chi connectivity index (χ0) is 21.9. The van der Waals surface area contributed by atoms with Gasteiger partial charge in [0.2, 0.25) is 15.9 Å². The van der Waals surface area contributed by atoms with Crippen molar-refractivity contribution in [3.63, 3.8) is 0 Å². The van der Waals surface area contributed by atoms with Crippen LogP contribution in [0.25, 0.3) is 0 Å². The number of sulfonamides is 1. The lowest BCUT2D eigenvalue weighted by molar-refractivity contribution is -0.114. The predicted molar refractivity (Wildman–Crippen MR) is 114 cm³/mol. The zero-order valence-electron chi connectivity index (χ0n) is 16.7. The van der Waals surface area contributed by atoms with Crippen LogP contribution in [-0.4, -0.2) is 57.6 Å². The number of halogens is 1. The van der Waals surface area contributed by atoms with Crippen molar-refractivity contribution in [1.82, 2.24) is 4.90 Å². The van der Waals surface area contributed by atoms with Crippen molar-refractivity contribution in [2.24, 2.45) is 0 Å². The molecular formula is C20H23FN4O4S. The van der Waals surface area contributed by atoms with Gasteiger partial charge in [-0.15, -0.1) is 0 Å². The third-order valence-corrected chi connectivity index (χ3v) is 5.22. The van der Waals surface area contributed by atoms with Gasteiger partial charge in [0.15, 0.2) is 0 Å². The van der Waals surface area contributed by atoms with Crippen LogP contribution in [0.1, 0.15) is 17.3 Å². The smallest absolute Gasteiger partial charge is 0.256 e. The van der Waals surface area contributed by atoms with Crippen LogP contribution in [0.4, 0.5) is 21.5 Å². The Hall–Kier alpha value is -3.14. The first-order valence-corrected chi connectivity index (χ1v) is 11.2. The highest BCUT2D eigenvalue weighted by molar-refractivity contribution is 7.92. The molecular weight excluding hydrogens is 411 g/mol. The molecule has 0 saturated carbocycles. The van der Waals surface area contributed by atoms with Gasteiger partial charge in [0.05, 0.1) is 23.2 Å². The van der Waals surface area contributed by atoms with E-state index in [1.807, 2.05) is 4.90 Å². The lowest BCUT2D eigenvalue weighted by Crippen LogP contribution is -2.49. The second-order valence-corrected chi connectivity index (χ2v) is 8.79. The zero-order valence-corrected chi connectivity index (χ0v) is 17.5. The molecule has 0 aromatic heterocycles. The first-order chi connectivity index (χ1) is 14.1. The highest BCUT2D eigenvalue weighted by Gasteiger charge is 2.26. The number of nitrogens with one attached hydrogen (secondary N) is 2. The average Bonchev–Trinajstić information content (AvgIpc) is 2.68. The molecule has 1 heterocycles. The summed E-state index contributed by atoms with van der Waals surface area (Å²) in [5, 5.41) is 2.59. The van der Waals surface area contributed by atoms with Crippen LogP contribution in [-0.2, 0) is 14.8 Å². The van der Waals surface area contributed by atoms with Crippen molar-refractivity contribution in [2.75, 3.05) is 47.4 Å². The van der Waals surface area contributed by atoms with Crippen molar-refractivity contribution in [2.45, 2.75) is 6.92 Å². The maximum atomic E-state index is 14.0. The molecule has 8 nitrogen and oxygen atoms in total. The largest absolute Gasteiger partial charge is 0.366 e. The van der Waals surface area contributed by atoms with Crippen LogP contribution >= 0.6 is 0 Å². The molecule has 0 radical (unpaired) electrons. The third-order valence-electron chi connectivity index (χ3n) is 4.63. The molecule has 2 aromatic carbocycles. The Morgan fingerprint density at radius 3 is 2.30 bits per heavy atom. The summed E-state index contributed by atoms with van der Waals surface area (Å²) in [6.45, 7) is 2.90. The van der Waals surface area contributed by atoms with E-state index in [-0.39, 0.29) is 28.9 Å². The summed E-state index contributed by atoms with van der Waals surface area (Å²) in [7, 11) is -3.61. The van der Waals surface area contributed by atoms with Crippen LogP contribution in [0.3, 0.4) is 0 Å². The van der Waals surface area contributed by atoms with Crippen molar-refractivity contribution < 1.29 is 22.4 Å². The quantitative estimate of drug-likeness (QED) is 0.751. The van der Waals surface area contributed by atoms with Gasteiger partial charge in [-0.05, 0) is 30.3 Å². The van der Waals surface area contributed by atoms with E-state index in [0.29, 0.717) is 37.6 Å². The molecule has 0 atom stereocenters. The summed E-state index contributed by atoms with van der Waals surface area (Å²) < 4.78 is 39.8. The number of carbonyl (C=O) groups excluding carboxylic acids is 2. The van der Waals surface area contributed by atoms with Crippen molar-refractivity contribution >= 4 is 38.9 Å². The summed E-state index contributed by atoms with van der Waals surface area (Å²) in [5.41, 5.74) is 1.13. The van der Waals surface area contributed by atoms with E-state index in [9.17, 15) is 22.4 Å². The topological polar surface area (TPSA) is 98.8 Å².